The maximum Gasteiger partial charge on any atom is 0.306 e. The van der Waals surface area contributed by atoms with Gasteiger partial charge in [-0.1, -0.05) is 249 Å². The molecule has 0 saturated carbocycles. The number of esters is 3. The van der Waals surface area contributed by atoms with Gasteiger partial charge >= 0.3 is 17.9 Å². The van der Waals surface area contributed by atoms with Crippen LogP contribution in [0.15, 0.2) is 48.6 Å². The van der Waals surface area contributed by atoms with Crippen LogP contribution < -0.4 is 0 Å². The molecule has 0 bridgehead atoms. The summed E-state index contributed by atoms with van der Waals surface area (Å²) in [5.74, 6) is -0.872. The summed E-state index contributed by atoms with van der Waals surface area (Å²) in [6, 6.07) is 0. The van der Waals surface area contributed by atoms with Crippen LogP contribution in [0.1, 0.15) is 303 Å². The van der Waals surface area contributed by atoms with E-state index < -0.39 is 6.10 Å². The van der Waals surface area contributed by atoms with E-state index in [0.717, 1.165) is 77.0 Å². The lowest BCUT2D eigenvalue weighted by molar-refractivity contribution is -0.167. The van der Waals surface area contributed by atoms with E-state index in [1.807, 2.05) is 0 Å². The molecule has 0 aliphatic heterocycles. The van der Waals surface area contributed by atoms with E-state index in [0.29, 0.717) is 19.3 Å². The van der Waals surface area contributed by atoms with Gasteiger partial charge in [0.1, 0.15) is 13.2 Å². The zero-order chi connectivity index (χ0) is 48.6. The third-order valence-electron chi connectivity index (χ3n) is 12.8. The van der Waals surface area contributed by atoms with Crippen molar-refractivity contribution >= 4 is 17.9 Å². The first kappa shape index (κ1) is 64.4. The Morgan fingerprint density at radius 2 is 0.537 bits per heavy atom. The van der Waals surface area contributed by atoms with Crippen molar-refractivity contribution in [1.82, 2.24) is 0 Å². The summed E-state index contributed by atoms with van der Waals surface area (Å²) in [5.41, 5.74) is 0. The first-order valence-corrected chi connectivity index (χ1v) is 29.1. The SMILES string of the molecule is CCCCC/C=C\C/C=C\CCCCCCCCCCCC(=O)OC[C@H](COC(=O)CCCCCCCCCCCCCCC)OC(=O)CCCCCCCCC/C=C\C/C=C\CCCCC. The first-order valence-electron chi connectivity index (χ1n) is 29.1. The molecule has 0 unspecified atom stereocenters. The lowest BCUT2D eigenvalue weighted by Crippen LogP contribution is -2.30. The molecule has 6 heteroatoms. The van der Waals surface area contributed by atoms with Gasteiger partial charge in [0.2, 0.25) is 0 Å². The fourth-order valence-electron chi connectivity index (χ4n) is 8.39. The molecule has 0 amide bonds. The topological polar surface area (TPSA) is 78.9 Å². The summed E-state index contributed by atoms with van der Waals surface area (Å²) in [7, 11) is 0. The number of hydrogen-bond acceptors (Lipinski definition) is 6. The molecule has 0 aliphatic carbocycles. The molecule has 0 spiro atoms. The highest BCUT2D eigenvalue weighted by molar-refractivity contribution is 5.71. The van der Waals surface area contributed by atoms with Crippen molar-refractivity contribution in [3.63, 3.8) is 0 Å². The Hall–Kier alpha value is -2.63. The fourth-order valence-corrected chi connectivity index (χ4v) is 8.39. The Morgan fingerprint density at radius 1 is 0.299 bits per heavy atom. The van der Waals surface area contributed by atoms with E-state index in [2.05, 4.69) is 69.4 Å². The van der Waals surface area contributed by atoms with Crippen LogP contribution in [-0.4, -0.2) is 37.2 Å². The van der Waals surface area contributed by atoms with Crippen LogP contribution >= 0.6 is 0 Å². The summed E-state index contributed by atoms with van der Waals surface area (Å²) in [6.45, 7) is 6.61. The average Bonchev–Trinajstić information content (AvgIpc) is 3.33. The Morgan fingerprint density at radius 3 is 0.851 bits per heavy atom. The van der Waals surface area contributed by atoms with Crippen LogP contribution in [0.25, 0.3) is 0 Å². The van der Waals surface area contributed by atoms with Crippen LogP contribution in [0, 0.1) is 0 Å². The maximum absolute atomic E-state index is 12.9. The predicted octanol–water partition coefficient (Wildman–Crippen LogP) is 19.4. The lowest BCUT2D eigenvalue weighted by atomic mass is 10.0. The van der Waals surface area contributed by atoms with Crippen molar-refractivity contribution in [2.45, 2.75) is 309 Å². The smallest absolute Gasteiger partial charge is 0.306 e. The fraction of sp³-hybridized carbons (Fsp3) is 0.820. The van der Waals surface area contributed by atoms with Gasteiger partial charge in [-0.2, -0.15) is 0 Å². The van der Waals surface area contributed by atoms with Gasteiger partial charge in [0.05, 0.1) is 0 Å². The largest absolute Gasteiger partial charge is 0.462 e. The average molecular weight is 940 g/mol. The minimum atomic E-state index is -0.777. The summed E-state index contributed by atoms with van der Waals surface area (Å²) in [4.78, 5) is 38.2. The van der Waals surface area contributed by atoms with Gasteiger partial charge < -0.3 is 14.2 Å². The molecule has 390 valence electrons. The van der Waals surface area contributed by atoms with Crippen molar-refractivity contribution in [3.05, 3.63) is 48.6 Å². The molecule has 0 N–H and O–H groups in total. The third kappa shape index (κ3) is 54.2. The number of ether oxygens (including phenoxy) is 3. The molecule has 67 heavy (non-hydrogen) atoms. The number of carbonyl (C=O) groups is 3. The molecule has 1 atom stereocenters. The summed E-state index contributed by atoms with van der Waals surface area (Å²) < 4.78 is 16.9. The predicted molar refractivity (Wildman–Crippen MR) is 289 cm³/mol. The van der Waals surface area contributed by atoms with Crippen molar-refractivity contribution < 1.29 is 28.6 Å². The number of allylic oxidation sites excluding steroid dienone is 8. The number of carbonyl (C=O) groups excluding carboxylic acids is 3. The van der Waals surface area contributed by atoms with Gasteiger partial charge in [0.15, 0.2) is 6.10 Å². The minimum Gasteiger partial charge on any atom is -0.462 e. The molecule has 6 nitrogen and oxygen atoms in total. The summed E-state index contributed by atoms with van der Waals surface area (Å²) in [5, 5.41) is 0. The second-order valence-electron chi connectivity index (χ2n) is 19.6. The highest BCUT2D eigenvalue weighted by Gasteiger charge is 2.19. The molecule has 0 radical (unpaired) electrons. The zero-order valence-corrected chi connectivity index (χ0v) is 44.7. The molecule has 0 rings (SSSR count). The Bertz CT molecular complexity index is 1170. The molecule has 0 aromatic carbocycles. The minimum absolute atomic E-state index is 0.0746. The quantitative estimate of drug-likeness (QED) is 0.0262. The van der Waals surface area contributed by atoms with Crippen molar-refractivity contribution in [2.75, 3.05) is 13.2 Å². The van der Waals surface area contributed by atoms with Crippen LogP contribution in [-0.2, 0) is 28.6 Å². The molecule has 0 aliphatic rings. The van der Waals surface area contributed by atoms with E-state index in [4.69, 9.17) is 14.2 Å². The lowest BCUT2D eigenvalue weighted by Gasteiger charge is -2.18. The molecule has 0 fully saturated rings. The van der Waals surface area contributed by atoms with E-state index in [1.54, 1.807) is 0 Å². The number of rotatable bonds is 53. The number of unbranched alkanes of at least 4 members (excludes halogenated alkanes) is 34. The van der Waals surface area contributed by atoms with Gasteiger partial charge in [-0.05, 0) is 83.5 Å². The van der Waals surface area contributed by atoms with Crippen molar-refractivity contribution in [3.8, 4) is 0 Å². The highest BCUT2D eigenvalue weighted by Crippen LogP contribution is 2.16. The Balaban J connectivity index is 4.35. The summed E-state index contributed by atoms with van der Waals surface area (Å²) in [6.07, 6.45) is 68.1. The monoisotopic (exact) mass is 939 g/mol. The molecular formula is C61H110O6. The number of hydrogen-bond donors (Lipinski definition) is 0. The Labute approximate surface area is 416 Å². The van der Waals surface area contributed by atoms with Crippen LogP contribution in [0.5, 0.6) is 0 Å². The third-order valence-corrected chi connectivity index (χ3v) is 12.8. The zero-order valence-electron chi connectivity index (χ0n) is 44.7. The van der Waals surface area contributed by atoms with E-state index >= 15 is 0 Å². The Kier molecular flexibility index (Phi) is 53.8. The first-order chi connectivity index (χ1) is 33.0. The van der Waals surface area contributed by atoms with Gasteiger partial charge in [-0.25, -0.2) is 0 Å². The molecule has 0 aromatic rings. The second kappa shape index (κ2) is 56.0. The second-order valence-corrected chi connectivity index (χ2v) is 19.6. The highest BCUT2D eigenvalue weighted by atomic mass is 16.6. The molecule has 0 saturated heterocycles. The van der Waals surface area contributed by atoms with Gasteiger partial charge in [0.25, 0.3) is 0 Å². The standard InChI is InChI=1S/C61H110O6/c1-4-7-10-13-16-19-22-25-27-29-30-32-33-36-39-42-45-48-51-54-60(63)66-57-58(56-65-59(62)53-50-47-44-41-38-35-24-21-18-15-12-9-6-3)67-61(64)55-52-49-46-43-40-37-34-31-28-26-23-20-17-14-11-8-5-2/h16-17,19-20,25-28,58H,4-15,18,21-24,29-57H2,1-3H3/b19-16-,20-17-,27-25-,28-26-/t58-/m0/s1. The van der Waals surface area contributed by atoms with E-state index in [9.17, 15) is 14.4 Å². The normalized spacial score (nSPS) is 12.3. The molecule has 0 heterocycles. The molecule has 0 aromatic heterocycles. The van der Waals surface area contributed by atoms with Crippen molar-refractivity contribution in [1.29, 1.82) is 0 Å². The van der Waals surface area contributed by atoms with Crippen LogP contribution in [0.2, 0.25) is 0 Å². The van der Waals surface area contributed by atoms with Gasteiger partial charge in [-0.3, -0.25) is 14.4 Å². The maximum atomic E-state index is 12.9. The molecular weight excluding hydrogens is 829 g/mol. The van der Waals surface area contributed by atoms with E-state index in [1.165, 1.54) is 186 Å². The van der Waals surface area contributed by atoms with Crippen molar-refractivity contribution in [2.24, 2.45) is 0 Å². The van der Waals surface area contributed by atoms with Crippen LogP contribution in [0.3, 0.4) is 0 Å². The van der Waals surface area contributed by atoms with Gasteiger partial charge in [0, 0.05) is 19.3 Å². The van der Waals surface area contributed by atoms with Crippen LogP contribution in [0.4, 0.5) is 0 Å². The van der Waals surface area contributed by atoms with Gasteiger partial charge in [-0.15, -0.1) is 0 Å². The van der Waals surface area contributed by atoms with E-state index in [-0.39, 0.29) is 31.1 Å². The summed E-state index contributed by atoms with van der Waals surface area (Å²) >= 11 is 0.